The molecule has 34 nitrogen and oxygen atoms in total. The van der Waals surface area contributed by atoms with Gasteiger partial charge in [-0.2, -0.15) is 0 Å². The molecule has 0 aromatic heterocycles. The van der Waals surface area contributed by atoms with E-state index in [1.807, 2.05) is 0 Å². The third-order valence-corrected chi connectivity index (χ3v) is 13.3. The van der Waals surface area contributed by atoms with Gasteiger partial charge >= 0.3 is 77.6 Å². The Morgan fingerprint density at radius 2 is 0.433 bits per heavy atom. The van der Waals surface area contributed by atoms with Crippen LogP contribution < -0.4 is 0 Å². The largest absolute Gasteiger partial charge is 0.481 e. The van der Waals surface area contributed by atoms with Crippen molar-refractivity contribution in [3.8, 4) is 0 Å². The van der Waals surface area contributed by atoms with Crippen LogP contribution in [0.25, 0.3) is 0 Å². The Labute approximate surface area is 517 Å². The summed E-state index contributed by atoms with van der Waals surface area (Å²) in [7, 11) is 0. The number of aliphatic hydroxyl groups excluding tert-OH is 8. The van der Waals surface area contributed by atoms with Crippen molar-refractivity contribution in [2.75, 3.05) is 92.5 Å². The molecule has 6 aliphatic heterocycles. The van der Waals surface area contributed by atoms with Gasteiger partial charge in [-0.1, -0.05) is 6.58 Å². The molecule has 15 N–H and O–H groups in total. The van der Waals surface area contributed by atoms with Gasteiger partial charge in [0.2, 0.25) is 0 Å². The lowest BCUT2D eigenvalue weighted by Crippen LogP contribution is -2.37. The molecule has 6 atom stereocenters. The third-order valence-electron chi connectivity index (χ3n) is 13.3. The van der Waals surface area contributed by atoms with Gasteiger partial charge < -0.3 is 105 Å². The molecule has 90 heavy (non-hydrogen) atoms. The van der Waals surface area contributed by atoms with Gasteiger partial charge in [0.25, 0.3) is 0 Å². The van der Waals surface area contributed by atoms with Crippen LogP contribution in [-0.2, 0) is 90.8 Å². The first-order valence-corrected chi connectivity index (χ1v) is 28.6. The molecule has 0 amide bonds. The summed E-state index contributed by atoms with van der Waals surface area (Å²) in [5, 5.41) is 127. The Kier molecular flexibility index (Phi) is 48.5. The lowest BCUT2D eigenvalue weighted by atomic mass is 9.93. The number of hydrogen-bond acceptors (Lipinski definition) is 27. The molecule has 6 rings (SSSR count). The third kappa shape index (κ3) is 37.5. The lowest BCUT2D eigenvalue weighted by Gasteiger charge is -2.23. The van der Waals surface area contributed by atoms with Gasteiger partial charge in [-0.25, -0.2) is 4.79 Å². The summed E-state index contributed by atoms with van der Waals surface area (Å²) >= 11 is 0. The second kappa shape index (κ2) is 50.3. The number of rotatable bonds is 15. The van der Waals surface area contributed by atoms with Crippen LogP contribution in [0.3, 0.4) is 0 Å². The van der Waals surface area contributed by atoms with E-state index in [0.29, 0.717) is 78.2 Å². The molecule has 6 heterocycles. The van der Waals surface area contributed by atoms with E-state index in [1.165, 1.54) is 6.92 Å². The highest BCUT2D eigenvalue weighted by Crippen LogP contribution is 2.20. The second-order valence-corrected chi connectivity index (χ2v) is 20.7. The molecule has 0 saturated carbocycles. The zero-order chi connectivity index (χ0) is 69.4. The van der Waals surface area contributed by atoms with Crippen LogP contribution in [0.2, 0.25) is 0 Å². The van der Waals surface area contributed by atoms with Crippen LogP contribution in [0.5, 0.6) is 0 Å². The number of carbonyl (C=O) groups is 13. The molecule has 518 valence electrons. The van der Waals surface area contributed by atoms with Crippen molar-refractivity contribution in [2.24, 2.45) is 46.3 Å². The van der Waals surface area contributed by atoms with Crippen LogP contribution in [0.15, 0.2) is 12.2 Å². The molecule has 0 bridgehead atoms. The molecular formula is C56H90O34. The Morgan fingerprint density at radius 1 is 0.311 bits per heavy atom. The summed E-state index contributed by atoms with van der Waals surface area (Å²) in [5.74, 6) is -16.5. The minimum Gasteiger partial charge on any atom is -0.481 e. The van der Waals surface area contributed by atoms with E-state index in [9.17, 15) is 62.3 Å². The van der Waals surface area contributed by atoms with Crippen molar-refractivity contribution in [1.29, 1.82) is 0 Å². The van der Waals surface area contributed by atoms with Crippen LogP contribution in [0.1, 0.15) is 122 Å². The number of carboxylic acids is 7. The summed E-state index contributed by atoms with van der Waals surface area (Å²) in [5.41, 5.74) is -2.05. The number of ether oxygens (including phenoxy) is 6. The van der Waals surface area contributed by atoms with Crippen molar-refractivity contribution in [2.45, 2.75) is 122 Å². The number of carbonyl (C=O) groups excluding carboxylic acids is 6. The molecule has 0 spiro atoms. The first-order valence-electron chi connectivity index (χ1n) is 28.6. The molecular weight excluding hydrogens is 1220 g/mol. The van der Waals surface area contributed by atoms with Crippen LogP contribution in [0, 0.1) is 46.3 Å². The quantitative estimate of drug-likeness (QED) is 0.0405. The number of esters is 6. The maximum Gasteiger partial charge on any atom is 0.330 e. The zero-order valence-corrected chi connectivity index (χ0v) is 50.3. The number of aliphatic hydroxyl groups is 8. The van der Waals surface area contributed by atoms with Gasteiger partial charge in [0.1, 0.15) is 0 Å². The van der Waals surface area contributed by atoms with Crippen LogP contribution in [-0.4, -0.2) is 247 Å². The van der Waals surface area contributed by atoms with Gasteiger partial charge in [0, 0.05) is 5.57 Å². The smallest absolute Gasteiger partial charge is 0.330 e. The monoisotopic (exact) mass is 1310 g/mol. The fraction of sp³-hybridized carbons (Fsp3) is 0.732. The highest BCUT2D eigenvalue weighted by atomic mass is 16.6. The Morgan fingerprint density at radius 3 is 0.511 bits per heavy atom. The van der Waals surface area contributed by atoms with Gasteiger partial charge in [-0.15, -0.1) is 0 Å². The molecule has 6 saturated heterocycles. The highest BCUT2D eigenvalue weighted by Gasteiger charge is 2.34. The summed E-state index contributed by atoms with van der Waals surface area (Å²) in [6.07, 6.45) is 11.6. The first kappa shape index (κ1) is 86.7. The maximum atomic E-state index is 10.9. The average molecular weight is 1310 g/mol. The zero-order valence-electron chi connectivity index (χ0n) is 50.3. The first-order chi connectivity index (χ1) is 42.4. The summed E-state index contributed by atoms with van der Waals surface area (Å²) in [6.45, 7) is 3.53. The normalized spacial score (nSPS) is 21.6. The summed E-state index contributed by atoms with van der Waals surface area (Å²) in [6, 6.07) is 0. The van der Waals surface area contributed by atoms with E-state index < -0.39 is 177 Å². The maximum absolute atomic E-state index is 10.9. The van der Waals surface area contributed by atoms with Gasteiger partial charge in [-0.3, -0.25) is 57.5 Å². The fourth-order valence-corrected chi connectivity index (χ4v) is 7.00. The minimum absolute atomic E-state index is 0.176. The van der Waals surface area contributed by atoms with E-state index in [2.05, 4.69) is 35.0 Å². The molecule has 6 aliphatic rings. The van der Waals surface area contributed by atoms with Gasteiger partial charge in [0.15, 0.2) is 35.5 Å². The van der Waals surface area contributed by atoms with Crippen molar-refractivity contribution in [1.82, 2.24) is 0 Å². The predicted octanol–water partition coefficient (Wildman–Crippen LogP) is -0.983. The Balaban J connectivity index is -0.000000950. The molecule has 34 heteroatoms. The minimum atomic E-state index is -1.11. The molecule has 0 aromatic rings. The van der Waals surface area contributed by atoms with E-state index >= 15 is 0 Å². The average Bonchev–Trinajstić information content (AvgIpc) is 4.33. The van der Waals surface area contributed by atoms with E-state index in [1.54, 1.807) is 0 Å². The molecule has 0 aliphatic carbocycles. The van der Waals surface area contributed by atoms with Crippen molar-refractivity contribution >= 4 is 77.6 Å². The van der Waals surface area contributed by atoms with Crippen LogP contribution in [0.4, 0.5) is 0 Å². The number of hydrogen-bond donors (Lipinski definition) is 15. The van der Waals surface area contributed by atoms with Gasteiger partial charge in [-0.05, 0) is 122 Å². The van der Waals surface area contributed by atoms with Gasteiger partial charge in [0.05, 0.1) is 103 Å². The SMILES string of the molecule is C=C(C)C(=O)O.O=C(O)C1CCCCOC1=O.O=C(O)C1CCCCOC1=O.O=C(O)C1CCCCOC1=O.O=C(O)C1CCCCOC1=O.O=C(O)C1CCCCOC1=O.O=C(O)C1CCCCOC1=O.OCC(CO)(CO)CO.OCC(CO)(CO)CO. The van der Waals surface area contributed by atoms with Crippen molar-refractivity contribution in [3.63, 3.8) is 0 Å². The number of aliphatic carboxylic acids is 7. The Bertz CT molecular complexity index is 1840. The van der Waals surface area contributed by atoms with Crippen molar-refractivity contribution < 1.29 is 167 Å². The topological polar surface area (TPSA) is 581 Å². The highest BCUT2D eigenvalue weighted by molar-refractivity contribution is 5.96. The number of carboxylic acid groups (broad SMARTS) is 7. The summed E-state index contributed by atoms with van der Waals surface area (Å²) in [4.78, 5) is 137. The van der Waals surface area contributed by atoms with Crippen LogP contribution >= 0.6 is 0 Å². The molecule has 6 fully saturated rings. The molecule has 6 unspecified atom stereocenters. The standard InChI is InChI=1S/6C7H10O4.2C5H12O4.C4H6O2/c6*8-6(9)5-3-1-2-4-11-7(5)10;2*6-1-5(2-7,3-8)4-9;1-3(2)4(5)6/h6*5H,1-4H2,(H,8,9);2*6-9H,1-4H2;1H2,2H3,(H,5,6). The predicted molar refractivity (Wildman–Crippen MR) is 300 cm³/mol. The van der Waals surface area contributed by atoms with E-state index in [-0.39, 0.29) is 5.57 Å². The molecule has 0 aromatic carbocycles. The number of cyclic esters (lactones) is 6. The Hall–Kier alpha value is -7.47. The van der Waals surface area contributed by atoms with E-state index in [0.717, 1.165) is 77.0 Å². The lowest BCUT2D eigenvalue weighted by molar-refractivity contribution is -0.159. The summed E-state index contributed by atoms with van der Waals surface area (Å²) < 4.78 is 27.9. The second-order valence-electron chi connectivity index (χ2n) is 20.7. The fourth-order valence-electron chi connectivity index (χ4n) is 7.00. The van der Waals surface area contributed by atoms with Crippen molar-refractivity contribution in [3.05, 3.63) is 12.2 Å². The van der Waals surface area contributed by atoms with E-state index in [4.69, 9.17) is 76.6 Å². The molecule has 0 radical (unpaired) electrons.